The van der Waals surface area contributed by atoms with Crippen molar-refractivity contribution in [1.29, 1.82) is 0 Å². The highest BCUT2D eigenvalue weighted by Gasteiger charge is 2.13. The van der Waals surface area contributed by atoms with Crippen molar-refractivity contribution in [2.24, 2.45) is 11.7 Å². The fourth-order valence-corrected chi connectivity index (χ4v) is 1.70. The molecular formula is C14H22N2O. The van der Waals surface area contributed by atoms with Crippen LogP contribution >= 0.6 is 0 Å². The van der Waals surface area contributed by atoms with E-state index in [9.17, 15) is 4.79 Å². The van der Waals surface area contributed by atoms with Gasteiger partial charge in [-0.15, -0.1) is 0 Å². The van der Waals surface area contributed by atoms with E-state index < -0.39 is 0 Å². The molecule has 0 fully saturated rings. The van der Waals surface area contributed by atoms with Gasteiger partial charge in [0.25, 0.3) is 0 Å². The molecule has 0 saturated carbocycles. The second kappa shape index (κ2) is 6.40. The van der Waals surface area contributed by atoms with Crippen molar-refractivity contribution in [3.05, 3.63) is 35.4 Å². The Hall–Kier alpha value is -1.35. The first-order chi connectivity index (χ1) is 8.00. The van der Waals surface area contributed by atoms with E-state index in [1.54, 1.807) is 0 Å². The van der Waals surface area contributed by atoms with E-state index in [4.69, 9.17) is 5.73 Å². The van der Waals surface area contributed by atoms with E-state index in [1.165, 1.54) is 0 Å². The topological polar surface area (TPSA) is 55.1 Å². The molecule has 0 saturated heterocycles. The first-order valence-electron chi connectivity index (χ1n) is 6.08. The second-order valence-electron chi connectivity index (χ2n) is 4.87. The van der Waals surface area contributed by atoms with E-state index in [0.29, 0.717) is 18.9 Å². The Morgan fingerprint density at radius 1 is 1.35 bits per heavy atom. The first-order valence-corrected chi connectivity index (χ1v) is 6.08. The van der Waals surface area contributed by atoms with Crippen LogP contribution in [-0.2, 0) is 4.79 Å². The Balaban J connectivity index is 2.52. The zero-order chi connectivity index (χ0) is 12.8. The molecule has 3 heteroatoms. The molecule has 0 heterocycles. The molecule has 0 radical (unpaired) electrons. The molecule has 1 aromatic carbocycles. The number of aryl methyl sites for hydroxylation is 1. The summed E-state index contributed by atoms with van der Waals surface area (Å²) >= 11 is 0. The summed E-state index contributed by atoms with van der Waals surface area (Å²) in [6.45, 7) is 6.86. The number of hydrogen-bond donors (Lipinski definition) is 2. The van der Waals surface area contributed by atoms with Crippen molar-refractivity contribution in [2.45, 2.75) is 33.2 Å². The van der Waals surface area contributed by atoms with Crippen LogP contribution in [0.3, 0.4) is 0 Å². The maximum Gasteiger partial charge on any atom is 0.221 e. The molecule has 1 amide bonds. The third-order valence-electron chi connectivity index (χ3n) is 2.70. The number of amides is 1. The number of hydrogen-bond acceptors (Lipinski definition) is 2. The standard InChI is InChI=1S/C14H22N2O/c1-10(2)9-16-14(17)8-13(15)12-7-5-4-6-11(12)3/h4-7,10,13H,8-9,15H2,1-3H3,(H,16,17)/t13-/m0/s1. The van der Waals surface area contributed by atoms with Crippen LogP contribution in [0.2, 0.25) is 0 Å². The lowest BCUT2D eigenvalue weighted by molar-refractivity contribution is -0.121. The second-order valence-corrected chi connectivity index (χ2v) is 4.87. The van der Waals surface area contributed by atoms with Crippen molar-refractivity contribution in [1.82, 2.24) is 5.32 Å². The summed E-state index contributed by atoms with van der Waals surface area (Å²) in [6, 6.07) is 7.71. The van der Waals surface area contributed by atoms with Crippen LogP contribution in [0.15, 0.2) is 24.3 Å². The molecule has 3 N–H and O–H groups in total. The Labute approximate surface area is 103 Å². The van der Waals surface area contributed by atoms with Crippen molar-refractivity contribution in [3.8, 4) is 0 Å². The molecule has 0 aliphatic rings. The van der Waals surface area contributed by atoms with Gasteiger partial charge in [0.1, 0.15) is 0 Å². The molecule has 17 heavy (non-hydrogen) atoms. The van der Waals surface area contributed by atoms with Crippen LogP contribution in [0.5, 0.6) is 0 Å². The lowest BCUT2D eigenvalue weighted by Gasteiger charge is -2.15. The van der Waals surface area contributed by atoms with Gasteiger partial charge in [-0.3, -0.25) is 4.79 Å². The third kappa shape index (κ3) is 4.57. The molecule has 0 bridgehead atoms. The predicted molar refractivity (Wildman–Crippen MR) is 70.6 cm³/mol. The highest BCUT2D eigenvalue weighted by Crippen LogP contribution is 2.17. The smallest absolute Gasteiger partial charge is 0.221 e. The fourth-order valence-electron chi connectivity index (χ4n) is 1.70. The molecule has 0 aliphatic carbocycles. The lowest BCUT2D eigenvalue weighted by Crippen LogP contribution is -2.30. The highest BCUT2D eigenvalue weighted by atomic mass is 16.1. The molecule has 1 aromatic rings. The summed E-state index contributed by atoms with van der Waals surface area (Å²) in [4.78, 5) is 11.7. The van der Waals surface area contributed by atoms with Crippen molar-refractivity contribution >= 4 is 5.91 Å². The van der Waals surface area contributed by atoms with E-state index >= 15 is 0 Å². The van der Waals surface area contributed by atoms with E-state index in [0.717, 1.165) is 11.1 Å². The number of rotatable bonds is 5. The Morgan fingerprint density at radius 3 is 2.59 bits per heavy atom. The summed E-state index contributed by atoms with van der Waals surface area (Å²) < 4.78 is 0. The van der Waals surface area contributed by atoms with Gasteiger partial charge in [-0.05, 0) is 24.0 Å². The van der Waals surface area contributed by atoms with Crippen LogP contribution in [-0.4, -0.2) is 12.5 Å². The minimum Gasteiger partial charge on any atom is -0.356 e. The Bertz CT molecular complexity index is 374. The number of nitrogens with two attached hydrogens (primary N) is 1. The van der Waals surface area contributed by atoms with Gasteiger partial charge in [-0.1, -0.05) is 38.1 Å². The molecule has 0 aliphatic heterocycles. The van der Waals surface area contributed by atoms with Crippen molar-refractivity contribution < 1.29 is 4.79 Å². The number of carbonyl (C=O) groups is 1. The molecule has 3 nitrogen and oxygen atoms in total. The summed E-state index contributed by atoms with van der Waals surface area (Å²) in [5, 5.41) is 2.88. The minimum absolute atomic E-state index is 0.0226. The predicted octanol–water partition coefficient (Wildman–Crippen LogP) is 2.16. The van der Waals surface area contributed by atoms with Gasteiger partial charge in [0.2, 0.25) is 5.91 Å². The maximum atomic E-state index is 11.7. The largest absolute Gasteiger partial charge is 0.356 e. The van der Waals surface area contributed by atoms with E-state index in [-0.39, 0.29) is 11.9 Å². The SMILES string of the molecule is Cc1ccccc1[C@@H](N)CC(=O)NCC(C)C. The average Bonchev–Trinajstić information content (AvgIpc) is 2.26. The van der Waals surface area contributed by atoms with Gasteiger partial charge in [0, 0.05) is 19.0 Å². The van der Waals surface area contributed by atoms with Gasteiger partial charge in [-0.2, -0.15) is 0 Å². The number of carbonyl (C=O) groups excluding carboxylic acids is 1. The molecule has 0 aromatic heterocycles. The van der Waals surface area contributed by atoms with Crippen LogP contribution in [0.25, 0.3) is 0 Å². The fraction of sp³-hybridized carbons (Fsp3) is 0.500. The van der Waals surface area contributed by atoms with Crippen LogP contribution in [0, 0.1) is 12.8 Å². The molecule has 1 atom stereocenters. The minimum atomic E-state index is -0.219. The quantitative estimate of drug-likeness (QED) is 0.820. The van der Waals surface area contributed by atoms with Gasteiger partial charge in [0.05, 0.1) is 0 Å². The van der Waals surface area contributed by atoms with Gasteiger partial charge in [-0.25, -0.2) is 0 Å². The lowest BCUT2D eigenvalue weighted by atomic mass is 9.99. The molecule has 0 unspecified atom stereocenters. The van der Waals surface area contributed by atoms with E-state index in [2.05, 4.69) is 19.2 Å². The van der Waals surface area contributed by atoms with Crippen LogP contribution < -0.4 is 11.1 Å². The molecular weight excluding hydrogens is 212 g/mol. The third-order valence-corrected chi connectivity index (χ3v) is 2.70. The van der Waals surface area contributed by atoms with Gasteiger partial charge in [0.15, 0.2) is 0 Å². The molecule has 1 rings (SSSR count). The Kier molecular flexibility index (Phi) is 5.16. The molecule has 0 spiro atoms. The monoisotopic (exact) mass is 234 g/mol. The summed E-state index contributed by atoms with van der Waals surface area (Å²) in [7, 11) is 0. The summed E-state index contributed by atoms with van der Waals surface area (Å²) in [5.74, 6) is 0.489. The normalized spacial score (nSPS) is 12.5. The van der Waals surface area contributed by atoms with Crippen LogP contribution in [0.4, 0.5) is 0 Å². The molecule has 94 valence electrons. The van der Waals surface area contributed by atoms with Gasteiger partial charge < -0.3 is 11.1 Å². The van der Waals surface area contributed by atoms with Crippen molar-refractivity contribution in [2.75, 3.05) is 6.54 Å². The van der Waals surface area contributed by atoms with Gasteiger partial charge >= 0.3 is 0 Å². The summed E-state index contributed by atoms with van der Waals surface area (Å²) in [5.41, 5.74) is 8.23. The van der Waals surface area contributed by atoms with E-state index in [1.807, 2.05) is 31.2 Å². The number of benzene rings is 1. The first kappa shape index (κ1) is 13.7. The summed E-state index contributed by atoms with van der Waals surface area (Å²) in [6.07, 6.45) is 0.345. The zero-order valence-electron chi connectivity index (χ0n) is 10.9. The number of nitrogens with one attached hydrogen (secondary N) is 1. The Morgan fingerprint density at radius 2 is 2.00 bits per heavy atom. The average molecular weight is 234 g/mol. The maximum absolute atomic E-state index is 11.7. The van der Waals surface area contributed by atoms with Crippen molar-refractivity contribution in [3.63, 3.8) is 0 Å². The van der Waals surface area contributed by atoms with Crippen LogP contribution in [0.1, 0.15) is 37.4 Å². The zero-order valence-corrected chi connectivity index (χ0v) is 10.9. The highest BCUT2D eigenvalue weighted by molar-refractivity contribution is 5.76.